The van der Waals surface area contributed by atoms with Crippen LogP contribution in [0.5, 0.6) is 0 Å². The summed E-state index contributed by atoms with van der Waals surface area (Å²) in [5.74, 6) is 0.637. The molecule has 21 heavy (non-hydrogen) atoms. The molecule has 108 valence electrons. The summed E-state index contributed by atoms with van der Waals surface area (Å²) in [7, 11) is 0. The zero-order valence-corrected chi connectivity index (χ0v) is 10.7. The van der Waals surface area contributed by atoms with Crippen LogP contribution in [0.25, 0.3) is 22.7 Å². The molecule has 5 nitrogen and oxygen atoms in total. The average molecular weight is 295 g/mol. The van der Waals surface area contributed by atoms with Gasteiger partial charge in [0, 0.05) is 5.56 Å². The van der Waals surface area contributed by atoms with Gasteiger partial charge in [-0.25, -0.2) is 0 Å². The van der Waals surface area contributed by atoms with Gasteiger partial charge in [0.05, 0.1) is 5.56 Å². The Kier molecular flexibility index (Phi) is 3.00. The Labute approximate surface area is 116 Å². The van der Waals surface area contributed by atoms with Crippen molar-refractivity contribution in [2.24, 2.45) is 0 Å². The van der Waals surface area contributed by atoms with E-state index in [0.29, 0.717) is 22.6 Å². The number of hydrogen-bond donors (Lipinski definition) is 0. The standard InChI is InChI=1S/C13H8F3N3O2/c1-7-10(12-18-17-6-20-12)11(19-21-7)8-2-4-9(5-3-8)13(14,15)16/h2-6H,1H3. The first kappa shape index (κ1) is 13.3. The van der Waals surface area contributed by atoms with Crippen LogP contribution < -0.4 is 0 Å². The van der Waals surface area contributed by atoms with Gasteiger partial charge in [-0.05, 0) is 19.1 Å². The largest absolute Gasteiger partial charge is 0.423 e. The van der Waals surface area contributed by atoms with Crippen molar-refractivity contribution in [1.29, 1.82) is 0 Å². The highest BCUT2D eigenvalue weighted by molar-refractivity contribution is 5.77. The lowest BCUT2D eigenvalue weighted by Gasteiger charge is -2.06. The van der Waals surface area contributed by atoms with Crippen molar-refractivity contribution < 1.29 is 22.1 Å². The fraction of sp³-hybridized carbons (Fsp3) is 0.154. The number of halogens is 3. The number of nitrogens with zero attached hydrogens (tertiary/aromatic N) is 3. The molecule has 0 fully saturated rings. The van der Waals surface area contributed by atoms with E-state index < -0.39 is 11.7 Å². The first-order valence-electron chi connectivity index (χ1n) is 5.87. The van der Waals surface area contributed by atoms with E-state index in [9.17, 15) is 13.2 Å². The van der Waals surface area contributed by atoms with Crippen molar-refractivity contribution in [3.05, 3.63) is 42.0 Å². The highest BCUT2D eigenvalue weighted by Crippen LogP contribution is 2.35. The topological polar surface area (TPSA) is 65.0 Å². The van der Waals surface area contributed by atoms with Crippen LogP contribution in [0.4, 0.5) is 13.2 Å². The molecular formula is C13H8F3N3O2. The van der Waals surface area contributed by atoms with Crippen LogP contribution in [0.15, 0.2) is 39.6 Å². The van der Waals surface area contributed by atoms with Gasteiger partial charge in [0.2, 0.25) is 6.39 Å². The van der Waals surface area contributed by atoms with Gasteiger partial charge >= 0.3 is 6.18 Å². The van der Waals surface area contributed by atoms with Gasteiger partial charge < -0.3 is 8.94 Å². The molecule has 3 aromatic rings. The van der Waals surface area contributed by atoms with Crippen molar-refractivity contribution >= 4 is 0 Å². The molecule has 0 aliphatic heterocycles. The number of hydrogen-bond acceptors (Lipinski definition) is 5. The van der Waals surface area contributed by atoms with Crippen LogP contribution in [-0.4, -0.2) is 15.4 Å². The van der Waals surface area contributed by atoms with Crippen LogP contribution in [0.3, 0.4) is 0 Å². The molecule has 0 saturated heterocycles. The smallest absolute Gasteiger partial charge is 0.416 e. The van der Waals surface area contributed by atoms with E-state index in [4.69, 9.17) is 8.94 Å². The second kappa shape index (κ2) is 4.72. The molecule has 2 heterocycles. The molecule has 0 saturated carbocycles. The monoisotopic (exact) mass is 295 g/mol. The van der Waals surface area contributed by atoms with E-state index >= 15 is 0 Å². The second-order valence-corrected chi connectivity index (χ2v) is 4.28. The predicted octanol–water partition coefficient (Wildman–Crippen LogP) is 3.72. The lowest BCUT2D eigenvalue weighted by Crippen LogP contribution is -2.04. The van der Waals surface area contributed by atoms with Gasteiger partial charge in [-0.2, -0.15) is 13.2 Å². The Bertz CT molecular complexity index is 746. The molecule has 2 aromatic heterocycles. The van der Waals surface area contributed by atoms with Gasteiger partial charge in [-0.1, -0.05) is 17.3 Å². The average Bonchev–Trinajstić information content (AvgIpc) is 3.06. The first-order valence-corrected chi connectivity index (χ1v) is 5.87. The van der Waals surface area contributed by atoms with Crippen molar-refractivity contribution in [2.75, 3.05) is 0 Å². The van der Waals surface area contributed by atoms with E-state index in [1.807, 2.05) is 0 Å². The van der Waals surface area contributed by atoms with E-state index in [2.05, 4.69) is 15.4 Å². The van der Waals surface area contributed by atoms with Crippen molar-refractivity contribution in [3.63, 3.8) is 0 Å². The molecular weight excluding hydrogens is 287 g/mol. The van der Waals surface area contributed by atoms with Crippen molar-refractivity contribution in [1.82, 2.24) is 15.4 Å². The Morgan fingerprint density at radius 3 is 2.38 bits per heavy atom. The lowest BCUT2D eigenvalue weighted by molar-refractivity contribution is -0.137. The maximum Gasteiger partial charge on any atom is 0.416 e. The molecule has 0 aliphatic rings. The number of benzene rings is 1. The molecule has 8 heteroatoms. The number of rotatable bonds is 2. The first-order chi connectivity index (χ1) is 9.97. The molecule has 1 aromatic carbocycles. The van der Waals surface area contributed by atoms with Crippen LogP contribution in [0.1, 0.15) is 11.3 Å². The molecule has 3 rings (SSSR count). The third kappa shape index (κ3) is 2.39. The summed E-state index contributed by atoms with van der Waals surface area (Å²) in [6.07, 6.45) is -3.23. The number of aromatic nitrogens is 3. The number of aryl methyl sites for hydroxylation is 1. The van der Waals surface area contributed by atoms with Gasteiger partial charge in [0.25, 0.3) is 5.89 Å². The van der Waals surface area contributed by atoms with Gasteiger partial charge in [-0.15, -0.1) is 10.2 Å². The minimum absolute atomic E-state index is 0.198. The van der Waals surface area contributed by atoms with Gasteiger partial charge in [0.1, 0.15) is 17.0 Å². The Morgan fingerprint density at radius 1 is 1.10 bits per heavy atom. The van der Waals surface area contributed by atoms with Gasteiger partial charge in [0.15, 0.2) is 0 Å². The van der Waals surface area contributed by atoms with E-state index in [1.165, 1.54) is 12.1 Å². The molecule has 0 bridgehead atoms. The Hall–Kier alpha value is -2.64. The third-order valence-corrected chi connectivity index (χ3v) is 2.92. The fourth-order valence-corrected chi connectivity index (χ4v) is 1.92. The van der Waals surface area contributed by atoms with E-state index in [-0.39, 0.29) is 5.89 Å². The summed E-state index contributed by atoms with van der Waals surface area (Å²) in [4.78, 5) is 0. The normalized spacial score (nSPS) is 11.8. The maximum atomic E-state index is 12.6. The summed E-state index contributed by atoms with van der Waals surface area (Å²) in [5, 5.41) is 11.2. The summed E-state index contributed by atoms with van der Waals surface area (Å²) >= 11 is 0. The fourth-order valence-electron chi connectivity index (χ4n) is 1.92. The minimum atomic E-state index is -4.38. The quantitative estimate of drug-likeness (QED) is 0.721. The second-order valence-electron chi connectivity index (χ2n) is 4.28. The van der Waals surface area contributed by atoms with Crippen LogP contribution in [0.2, 0.25) is 0 Å². The predicted molar refractivity (Wildman–Crippen MR) is 65.0 cm³/mol. The SMILES string of the molecule is Cc1onc(-c2ccc(C(F)(F)F)cc2)c1-c1nnco1. The zero-order chi connectivity index (χ0) is 15.0. The van der Waals surface area contributed by atoms with E-state index in [0.717, 1.165) is 18.5 Å². The molecule has 0 unspecified atom stereocenters. The minimum Gasteiger partial charge on any atom is -0.423 e. The Balaban J connectivity index is 2.06. The Morgan fingerprint density at radius 2 is 1.81 bits per heavy atom. The molecule has 0 radical (unpaired) electrons. The van der Waals surface area contributed by atoms with Crippen molar-refractivity contribution in [3.8, 4) is 22.7 Å². The maximum absolute atomic E-state index is 12.6. The van der Waals surface area contributed by atoms with Gasteiger partial charge in [-0.3, -0.25) is 0 Å². The molecule has 0 spiro atoms. The molecule has 0 aliphatic carbocycles. The lowest BCUT2D eigenvalue weighted by atomic mass is 10.0. The third-order valence-electron chi connectivity index (χ3n) is 2.92. The van der Waals surface area contributed by atoms with Crippen LogP contribution in [0, 0.1) is 6.92 Å². The summed E-state index contributed by atoms with van der Waals surface area (Å²) in [5.41, 5.74) is 0.552. The zero-order valence-electron chi connectivity index (χ0n) is 10.7. The summed E-state index contributed by atoms with van der Waals surface area (Å²) in [6, 6.07) is 4.61. The highest BCUT2D eigenvalue weighted by atomic mass is 19.4. The summed E-state index contributed by atoms with van der Waals surface area (Å²) in [6.45, 7) is 1.65. The molecule has 0 amide bonds. The summed E-state index contributed by atoms with van der Waals surface area (Å²) < 4.78 is 47.9. The van der Waals surface area contributed by atoms with Crippen LogP contribution in [-0.2, 0) is 6.18 Å². The van der Waals surface area contributed by atoms with Crippen molar-refractivity contribution in [2.45, 2.75) is 13.1 Å². The van der Waals surface area contributed by atoms with E-state index in [1.54, 1.807) is 6.92 Å². The molecule has 0 atom stereocenters. The number of alkyl halides is 3. The molecule has 0 N–H and O–H groups in total. The van der Waals surface area contributed by atoms with Crippen LogP contribution >= 0.6 is 0 Å². The highest BCUT2D eigenvalue weighted by Gasteiger charge is 2.30.